The third-order valence-electron chi connectivity index (χ3n) is 10.1. The molecule has 0 N–H and O–H groups in total. The summed E-state index contributed by atoms with van der Waals surface area (Å²) < 4.78 is 12.6. The van der Waals surface area contributed by atoms with Gasteiger partial charge in [0.2, 0.25) is 0 Å². The molecule has 2 rings (SSSR count). The van der Waals surface area contributed by atoms with E-state index in [0.717, 1.165) is 37.2 Å². The summed E-state index contributed by atoms with van der Waals surface area (Å²) in [6.45, 7) is 30.3. The molecule has 38 heavy (non-hydrogen) atoms. The number of ether oxygens (including phenoxy) is 2. The third-order valence-corrected chi connectivity index (χ3v) is 10.1. The molecule has 0 amide bonds. The molecule has 2 nitrogen and oxygen atoms in total. The van der Waals surface area contributed by atoms with Crippen LogP contribution < -0.4 is 9.47 Å². The lowest BCUT2D eigenvalue weighted by Crippen LogP contribution is -2.24. The van der Waals surface area contributed by atoms with Crippen molar-refractivity contribution in [3.05, 3.63) is 57.6 Å². The Morgan fingerprint density at radius 3 is 1.05 bits per heavy atom. The molecule has 0 aromatic heterocycles. The van der Waals surface area contributed by atoms with Crippen LogP contribution in [-0.2, 0) is 21.7 Å². The van der Waals surface area contributed by atoms with Gasteiger partial charge in [-0.1, -0.05) is 114 Å². The van der Waals surface area contributed by atoms with Crippen LogP contribution in [0, 0.1) is 0 Å². The highest BCUT2D eigenvalue weighted by molar-refractivity contribution is 5.58. The Balaban J connectivity index is 3.06. The van der Waals surface area contributed by atoms with Crippen LogP contribution in [-0.4, -0.2) is 14.2 Å². The van der Waals surface area contributed by atoms with Crippen LogP contribution in [0.5, 0.6) is 11.5 Å². The highest BCUT2D eigenvalue weighted by Gasteiger charge is 2.34. The molecule has 0 aliphatic heterocycles. The monoisotopic (exact) mass is 522 g/mol. The van der Waals surface area contributed by atoms with Gasteiger partial charge in [0, 0.05) is 28.2 Å². The van der Waals surface area contributed by atoms with E-state index in [0.29, 0.717) is 0 Å². The average molecular weight is 523 g/mol. The molecule has 0 saturated heterocycles. The molecule has 0 aliphatic rings. The van der Waals surface area contributed by atoms with Crippen molar-refractivity contribution >= 4 is 0 Å². The molecular weight excluding hydrogens is 464 g/mol. The van der Waals surface area contributed by atoms with Crippen molar-refractivity contribution in [3.8, 4) is 11.5 Å². The van der Waals surface area contributed by atoms with Gasteiger partial charge in [-0.2, -0.15) is 0 Å². The maximum atomic E-state index is 6.28. The number of methoxy groups -OCH3 is 2. The fourth-order valence-corrected chi connectivity index (χ4v) is 5.15. The smallest absolute Gasteiger partial charge is 0.126 e. The summed E-state index contributed by atoms with van der Waals surface area (Å²) in [4.78, 5) is 0. The molecule has 2 heteroatoms. The summed E-state index contributed by atoms with van der Waals surface area (Å²) in [7, 11) is 3.68. The van der Waals surface area contributed by atoms with Crippen LogP contribution in [0.25, 0.3) is 0 Å². The SMILES string of the molecule is CCC(C)(C)c1cc(C(C)c2cc(C(C)(C)CC)cc(C(C)(C)CC)c2OC)c(OC)c(C(C)(C)CC)c1. The van der Waals surface area contributed by atoms with Gasteiger partial charge in [-0.05, 0) is 58.5 Å². The molecule has 2 aromatic carbocycles. The molecule has 0 atom stereocenters. The maximum Gasteiger partial charge on any atom is 0.126 e. The first-order valence-corrected chi connectivity index (χ1v) is 14.9. The van der Waals surface area contributed by atoms with Crippen LogP contribution in [0.1, 0.15) is 155 Å². The molecule has 2 aromatic rings. The Morgan fingerprint density at radius 1 is 0.526 bits per heavy atom. The van der Waals surface area contributed by atoms with E-state index < -0.39 is 0 Å². The van der Waals surface area contributed by atoms with E-state index in [2.05, 4.69) is 114 Å². The summed E-state index contributed by atoms with van der Waals surface area (Å²) >= 11 is 0. The Bertz CT molecular complexity index is 1010. The van der Waals surface area contributed by atoms with Crippen molar-refractivity contribution in [1.29, 1.82) is 0 Å². The lowest BCUT2D eigenvalue weighted by Gasteiger charge is -2.35. The molecule has 214 valence electrons. The third kappa shape index (κ3) is 6.10. The first-order chi connectivity index (χ1) is 17.5. The average Bonchev–Trinajstić information content (AvgIpc) is 2.90. The van der Waals surface area contributed by atoms with Crippen LogP contribution in [0.3, 0.4) is 0 Å². The van der Waals surface area contributed by atoms with Crippen molar-refractivity contribution in [3.63, 3.8) is 0 Å². The predicted molar refractivity (Wildman–Crippen MR) is 167 cm³/mol. The lowest BCUT2D eigenvalue weighted by atomic mass is 9.71. The van der Waals surface area contributed by atoms with E-state index in [4.69, 9.17) is 9.47 Å². The van der Waals surface area contributed by atoms with Crippen LogP contribution in [0.4, 0.5) is 0 Å². The van der Waals surface area contributed by atoms with Gasteiger partial charge in [-0.25, -0.2) is 0 Å². The standard InChI is InChI=1S/C36H58O2/c1-16-33(6,7)25-20-27(31(37-14)29(22-25)35(10,11)18-3)24(5)28-21-26(34(8,9)17-2)23-30(32(28)38-15)36(12,13)19-4/h20-24H,16-19H2,1-15H3. The summed E-state index contributed by atoms with van der Waals surface area (Å²) in [5.41, 5.74) is 8.06. The van der Waals surface area contributed by atoms with Crippen molar-refractivity contribution < 1.29 is 9.47 Å². The van der Waals surface area contributed by atoms with Crippen molar-refractivity contribution in [2.24, 2.45) is 0 Å². The van der Waals surface area contributed by atoms with Gasteiger partial charge in [0.05, 0.1) is 14.2 Å². The predicted octanol–water partition coefficient (Wildman–Crippen LogP) is 10.6. The fourth-order valence-electron chi connectivity index (χ4n) is 5.15. The molecule has 0 heterocycles. The molecular formula is C36H58O2. The number of hydrogen-bond acceptors (Lipinski definition) is 2. The Morgan fingerprint density at radius 2 is 0.816 bits per heavy atom. The van der Waals surface area contributed by atoms with E-state index in [-0.39, 0.29) is 27.6 Å². The molecule has 0 bridgehead atoms. The van der Waals surface area contributed by atoms with Gasteiger partial charge < -0.3 is 9.47 Å². The largest absolute Gasteiger partial charge is 0.496 e. The van der Waals surface area contributed by atoms with E-state index in [1.54, 1.807) is 0 Å². The van der Waals surface area contributed by atoms with Crippen LogP contribution in [0.15, 0.2) is 24.3 Å². The van der Waals surface area contributed by atoms with Gasteiger partial charge in [-0.15, -0.1) is 0 Å². The highest BCUT2D eigenvalue weighted by atomic mass is 16.5. The minimum Gasteiger partial charge on any atom is -0.496 e. The molecule has 0 saturated carbocycles. The number of hydrogen-bond donors (Lipinski definition) is 0. The molecule has 0 fully saturated rings. The fraction of sp³-hybridized carbons (Fsp3) is 0.667. The van der Waals surface area contributed by atoms with Crippen molar-refractivity contribution in [1.82, 2.24) is 0 Å². The zero-order valence-corrected chi connectivity index (χ0v) is 27.5. The topological polar surface area (TPSA) is 18.5 Å². The minimum atomic E-state index is 0.00510. The summed E-state index contributed by atoms with van der Waals surface area (Å²) in [6.07, 6.45) is 4.26. The second-order valence-electron chi connectivity index (χ2n) is 14.0. The second-order valence-corrected chi connectivity index (χ2v) is 14.0. The van der Waals surface area contributed by atoms with E-state index in [1.807, 2.05) is 14.2 Å². The zero-order valence-electron chi connectivity index (χ0n) is 27.5. The van der Waals surface area contributed by atoms with E-state index >= 15 is 0 Å². The highest BCUT2D eigenvalue weighted by Crippen LogP contribution is 2.48. The molecule has 0 spiro atoms. The van der Waals surface area contributed by atoms with Crippen LogP contribution in [0.2, 0.25) is 0 Å². The van der Waals surface area contributed by atoms with E-state index in [1.165, 1.54) is 33.4 Å². The van der Waals surface area contributed by atoms with Gasteiger partial charge >= 0.3 is 0 Å². The quantitative estimate of drug-likeness (QED) is 0.276. The molecule has 0 unspecified atom stereocenters. The van der Waals surface area contributed by atoms with Crippen molar-refractivity contribution in [2.75, 3.05) is 14.2 Å². The Hall–Kier alpha value is -1.96. The summed E-state index contributed by atoms with van der Waals surface area (Å²) in [5.74, 6) is 2.16. The Kier molecular flexibility index (Phi) is 9.89. The van der Waals surface area contributed by atoms with Gasteiger partial charge in [0.15, 0.2) is 0 Å². The number of benzene rings is 2. The maximum absolute atomic E-state index is 6.28. The van der Waals surface area contributed by atoms with Gasteiger partial charge in [0.1, 0.15) is 11.5 Å². The van der Waals surface area contributed by atoms with Gasteiger partial charge in [0.25, 0.3) is 0 Å². The number of rotatable bonds is 12. The summed E-state index contributed by atoms with van der Waals surface area (Å²) in [6, 6.07) is 9.68. The molecule has 0 aliphatic carbocycles. The first-order valence-electron chi connectivity index (χ1n) is 14.9. The zero-order chi connectivity index (χ0) is 29.3. The van der Waals surface area contributed by atoms with Gasteiger partial charge in [-0.3, -0.25) is 0 Å². The second kappa shape index (κ2) is 11.6. The summed E-state index contributed by atoms with van der Waals surface area (Å²) in [5, 5.41) is 0. The van der Waals surface area contributed by atoms with Crippen LogP contribution >= 0.6 is 0 Å². The first kappa shape index (κ1) is 32.3. The lowest BCUT2D eigenvalue weighted by molar-refractivity contribution is 0.374. The molecule has 0 radical (unpaired) electrons. The minimum absolute atomic E-state index is 0.00510. The van der Waals surface area contributed by atoms with E-state index in [9.17, 15) is 0 Å². The Labute approximate surface area is 235 Å². The normalized spacial score (nSPS) is 13.3. The van der Waals surface area contributed by atoms with Crippen molar-refractivity contribution in [2.45, 2.75) is 143 Å².